The second kappa shape index (κ2) is 2.11. The maximum absolute atomic E-state index is 11.1. The lowest BCUT2D eigenvalue weighted by molar-refractivity contribution is 0.0682. The third-order valence-electron chi connectivity index (χ3n) is 2.88. The number of carbonyl (C=O) groups excluding carboxylic acids is 1. The van der Waals surface area contributed by atoms with Gasteiger partial charge in [-0.2, -0.15) is 5.48 Å². The average Bonchev–Trinajstić information content (AvgIpc) is 2.63. The van der Waals surface area contributed by atoms with Crippen LogP contribution in [0.1, 0.15) is 0 Å². The standard InChI is InChI=1S/C7H10N2O3/c10-7-9-1-4-2-12-8-6(4)5(9)3-11-7/h4-6,8H,1-3H2/t4-,5-,6+/m1/s1. The zero-order valence-electron chi connectivity index (χ0n) is 6.53. The van der Waals surface area contributed by atoms with Crippen molar-refractivity contribution in [2.24, 2.45) is 5.92 Å². The molecule has 0 unspecified atom stereocenters. The van der Waals surface area contributed by atoms with Gasteiger partial charge < -0.3 is 9.57 Å². The second-order valence-electron chi connectivity index (χ2n) is 3.51. The minimum atomic E-state index is -0.170. The molecule has 0 aromatic carbocycles. The van der Waals surface area contributed by atoms with Gasteiger partial charge in [0.2, 0.25) is 0 Å². The fourth-order valence-corrected chi connectivity index (χ4v) is 2.24. The Kier molecular flexibility index (Phi) is 1.18. The monoisotopic (exact) mass is 170 g/mol. The van der Waals surface area contributed by atoms with Crippen molar-refractivity contribution in [1.82, 2.24) is 10.4 Å². The summed E-state index contributed by atoms with van der Waals surface area (Å²) < 4.78 is 4.92. The van der Waals surface area contributed by atoms with Crippen LogP contribution in [0.5, 0.6) is 0 Å². The molecule has 3 aliphatic heterocycles. The Morgan fingerprint density at radius 2 is 2.42 bits per heavy atom. The number of nitrogens with one attached hydrogen (secondary N) is 1. The summed E-state index contributed by atoms with van der Waals surface area (Å²) in [6, 6.07) is 0.487. The van der Waals surface area contributed by atoms with Crippen molar-refractivity contribution in [2.45, 2.75) is 12.1 Å². The number of nitrogens with zero attached hydrogens (tertiary/aromatic N) is 1. The van der Waals surface area contributed by atoms with E-state index < -0.39 is 0 Å². The molecule has 12 heavy (non-hydrogen) atoms. The first-order chi connectivity index (χ1) is 5.86. The van der Waals surface area contributed by atoms with Crippen molar-refractivity contribution >= 4 is 6.09 Å². The first kappa shape index (κ1) is 6.68. The van der Waals surface area contributed by atoms with Crippen LogP contribution in [0.3, 0.4) is 0 Å². The van der Waals surface area contributed by atoms with E-state index in [1.165, 1.54) is 0 Å². The molecule has 3 heterocycles. The Morgan fingerprint density at radius 3 is 3.33 bits per heavy atom. The van der Waals surface area contributed by atoms with E-state index >= 15 is 0 Å². The Labute approximate surface area is 69.6 Å². The number of ether oxygens (including phenoxy) is 1. The van der Waals surface area contributed by atoms with Crippen LogP contribution in [0.2, 0.25) is 0 Å². The van der Waals surface area contributed by atoms with E-state index in [4.69, 9.17) is 9.57 Å². The van der Waals surface area contributed by atoms with E-state index in [9.17, 15) is 4.79 Å². The number of carbonyl (C=O) groups is 1. The molecular formula is C7H10N2O3. The molecule has 0 saturated carbocycles. The van der Waals surface area contributed by atoms with Crippen molar-refractivity contribution in [3.8, 4) is 0 Å². The minimum Gasteiger partial charge on any atom is -0.447 e. The molecule has 0 bridgehead atoms. The summed E-state index contributed by atoms with van der Waals surface area (Å²) in [5, 5.41) is 0. The van der Waals surface area contributed by atoms with Crippen molar-refractivity contribution in [3.05, 3.63) is 0 Å². The molecule has 0 aromatic rings. The van der Waals surface area contributed by atoms with Crippen LogP contribution in [-0.4, -0.2) is 42.8 Å². The molecule has 1 N–H and O–H groups in total. The molecular weight excluding hydrogens is 160 g/mol. The van der Waals surface area contributed by atoms with E-state index in [-0.39, 0.29) is 18.2 Å². The highest BCUT2D eigenvalue weighted by molar-refractivity contribution is 5.71. The van der Waals surface area contributed by atoms with Gasteiger partial charge >= 0.3 is 6.09 Å². The number of hydrogen-bond donors (Lipinski definition) is 1. The molecule has 0 radical (unpaired) electrons. The van der Waals surface area contributed by atoms with Gasteiger partial charge in [0.05, 0.1) is 18.7 Å². The summed E-state index contributed by atoms with van der Waals surface area (Å²) in [6.07, 6.45) is -0.170. The van der Waals surface area contributed by atoms with Crippen molar-refractivity contribution in [2.75, 3.05) is 19.8 Å². The third-order valence-corrected chi connectivity index (χ3v) is 2.88. The summed E-state index contributed by atoms with van der Waals surface area (Å²) in [5.74, 6) is 0.461. The molecule has 3 atom stereocenters. The van der Waals surface area contributed by atoms with Gasteiger partial charge in [0, 0.05) is 12.5 Å². The summed E-state index contributed by atoms with van der Waals surface area (Å²) >= 11 is 0. The molecule has 66 valence electrons. The first-order valence-corrected chi connectivity index (χ1v) is 4.17. The Balaban J connectivity index is 1.87. The first-order valence-electron chi connectivity index (χ1n) is 4.17. The van der Waals surface area contributed by atoms with E-state index in [0.717, 1.165) is 6.54 Å². The van der Waals surface area contributed by atoms with Gasteiger partial charge in [-0.25, -0.2) is 4.79 Å². The fourth-order valence-electron chi connectivity index (χ4n) is 2.24. The predicted molar refractivity (Wildman–Crippen MR) is 38.2 cm³/mol. The molecule has 1 amide bonds. The van der Waals surface area contributed by atoms with Crippen LogP contribution in [0.15, 0.2) is 0 Å². The van der Waals surface area contributed by atoms with Gasteiger partial charge in [-0.3, -0.25) is 4.90 Å². The molecule has 0 aromatic heterocycles. The number of fused-ring (bicyclic) bond motifs is 3. The highest BCUT2D eigenvalue weighted by Crippen LogP contribution is 2.31. The molecule has 3 fully saturated rings. The molecule has 3 saturated heterocycles. The van der Waals surface area contributed by atoms with E-state index in [1.54, 1.807) is 4.90 Å². The lowest BCUT2D eigenvalue weighted by Crippen LogP contribution is -2.39. The normalized spacial score (nSPS) is 44.5. The average molecular weight is 170 g/mol. The highest BCUT2D eigenvalue weighted by Gasteiger charge is 2.51. The molecule has 3 rings (SSSR count). The molecule has 0 aliphatic carbocycles. The number of hydrogen-bond acceptors (Lipinski definition) is 4. The maximum Gasteiger partial charge on any atom is 0.410 e. The van der Waals surface area contributed by atoms with Crippen LogP contribution >= 0.6 is 0 Å². The molecule has 3 aliphatic rings. The van der Waals surface area contributed by atoms with Crippen LogP contribution < -0.4 is 5.48 Å². The molecule has 5 heteroatoms. The Hall–Kier alpha value is -0.810. The zero-order chi connectivity index (χ0) is 8.13. The van der Waals surface area contributed by atoms with Gasteiger partial charge in [-0.1, -0.05) is 0 Å². The van der Waals surface area contributed by atoms with Crippen LogP contribution in [0.4, 0.5) is 4.79 Å². The number of rotatable bonds is 0. The minimum absolute atomic E-state index is 0.170. The van der Waals surface area contributed by atoms with E-state index in [0.29, 0.717) is 19.1 Å². The maximum atomic E-state index is 11.1. The summed E-state index contributed by atoms with van der Waals surface area (Å²) in [7, 11) is 0. The quantitative estimate of drug-likeness (QED) is 0.524. The zero-order valence-corrected chi connectivity index (χ0v) is 6.53. The SMILES string of the molecule is O=C1OC[C@@H]2[C@H]3NOC[C@H]3CN12. The Bertz CT molecular complexity index is 233. The van der Waals surface area contributed by atoms with Gasteiger partial charge in [-0.05, 0) is 0 Å². The molecule has 0 spiro atoms. The predicted octanol–water partition coefficient (Wildman–Crippen LogP) is -0.660. The lowest BCUT2D eigenvalue weighted by atomic mass is 10.0. The summed E-state index contributed by atoms with van der Waals surface area (Å²) in [6.45, 7) is 2.00. The van der Waals surface area contributed by atoms with Crippen LogP contribution in [0.25, 0.3) is 0 Å². The lowest BCUT2D eigenvalue weighted by Gasteiger charge is -2.14. The van der Waals surface area contributed by atoms with Gasteiger partial charge in [0.15, 0.2) is 0 Å². The van der Waals surface area contributed by atoms with Crippen LogP contribution in [0, 0.1) is 5.92 Å². The largest absolute Gasteiger partial charge is 0.447 e. The molecule has 5 nitrogen and oxygen atoms in total. The van der Waals surface area contributed by atoms with Crippen molar-refractivity contribution in [3.63, 3.8) is 0 Å². The van der Waals surface area contributed by atoms with Gasteiger partial charge in [0.25, 0.3) is 0 Å². The van der Waals surface area contributed by atoms with Gasteiger partial charge in [0.1, 0.15) is 6.61 Å². The smallest absolute Gasteiger partial charge is 0.410 e. The van der Waals surface area contributed by atoms with E-state index in [2.05, 4.69) is 5.48 Å². The van der Waals surface area contributed by atoms with Crippen molar-refractivity contribution in [1.29, 1.82) is 0 Å². The van der Waals surface area contributed by atoms with E-state index in [1.807, 2.05) is 0 Å². The number of cyclic esters (lactones) is 1. The topological polar surface area (TPSA) is 50.8 Å². The summed E-state index contributed by atoms with van der Waals surface area (Å²) in [4.78, 5) is 18.0. The second-order valence-corrected chi connectivity index (χ2v) is 3.51. The Morgan fingerprint density at radius 1 is 1.50 bits per heavy atom. The number of hydroxylamine groups is 1. The van der Waals surface area contributed by atoms with Gasteiger partial charge in [-0.15, -0.1) is 0 Å². The third kappa shape index (κ3) is 0.676. The number of amides is 1. The highest BCUT2D eigenvalue weighted by atomic mass is 16.7. The fraction of sp³-hybridized carbons (Fsp3) is 0.857. The van der Waals surface area contributed by atoms with Crippen LogP contribution in [-0.2, 0) is 9.57 Å². The summed E-state index contributed by atoms with van der Waals surface area (Å²) in [5.41, 5.74) is 2.94. The van der Waals surface area contributed by atoms with Crippen molar-refractivity contribution < 1.29 is 14.4 Å².